The maximum Gasteiger partial charge on any atom is 0.493 e. The first-order valence-electron chi connectivity index (χ1n) is 9.29. The van der Waals surface area contributed by atoms with Crippen molar-refractivity contribution in [2.75, 3.05) is 31.1 Å². The topological polar surface area (TPSA) is 108 Å². The van der Waals surface area contributed by atoms with Crippen LogP contribution in [-0.4, -0.2) is 67.2 Å². The van der Waals surface area contributed by atoms with E-state index in [2.05, 4.69) is 10.2 Å². The Morgan fingerprint density at radius 3 is 2.42 bits per heavy atom. The van der Waals surface area contributed by atoms with Crippen LogP contribution in [0.5, 0.6) is 0 Å². The highest BCUT2D eigenvalue weighted by molar-refractivity contribution is 6.04. The minimum Gasteiger partial charge on any atom is -0.369 e. The summed E-state index contributed by atoms with van der Waals surface area (Å²) in [6.45, 7) is 2.49. The third-order valence-electron chi connectivity index (χ3n) is 4.77. The van der Waals surface area contributed by atoms with Crippen LogP contribution in [0.2, 0.25) is 0 Å². The van der Waals surface area contributed by atoms with Crippen molar-refractivity contribution in [3.63, 3.8) is 0 Å². The van der Waals surface area contributed by atoms with E-state index in [0.29, 0.717) is 31.9 Å². The second-order valence-electron chi connectivity index (χ2n) is 6.88. The average Bonchev–Trinajstić information content (AvgIpc) is 2.72. The van der Waals surface area contributed by atoms with Gasteiger partial charge < -0.3 is 15.1 Å². The molecule has 0 spiro atoms. The molecule has 9 nitrogen and oxygen atoms in total. The van der Waals surface area contributed by atoms with Gasteiger partial charge in [0.2, 0.25) is 5.91 Å². The fourth-order valence-corrected chi connectivity index (χ4v) is 3.21. The lowest BCUT2D eigenvalue weighted by atomic mass is 10.0. The third kappa shape index (κ3) is 5.10. The van der Waals surface area contributed by atoms with Gasteiger partial charge in [-0.3, -0.25) is 19.7 Å². The van der Waals surface area contributed by atoms with Gasteiger partial charge in [0.05, 0.1) is 5.56 Å². The first-order chi connectivity index (χ1) is 14.6. The minimum atomic E-state index is -5.47. The molecule has 31 heavy (non-hydrogen) atoms. The number of amides is 3. The molecule has 1 atom stereocenters. The number of benzene rings is 1. The van der Waals surface area contributed by atoms with Crippen LogP contribution in [-0.2, 0) is 19.2 Å². The molecule has 2 fully saturated rings. The predicted molar refractivity (Wildman–Crippen MR) is 96.0 cm³/mol. The van der Waals surface area contributed by atoms with Gasteiger partial charge in [0.25, 0.3) is 11.8 Å². The van der Waals surface area contributed by atoms with Crippen LogP contribution in [0.25, 0.3) is 0 Å². The van der Waals surface area contributed by atoms with Gasteiger partial charge in [-0.05, 0) is 24.6 Å². The Morgan fingerprint density at radius 2 is 1.84 bits per heavy atom. The van der Waals surface area contributed by atoms with E-state index in [1.54, 1.807) is 0 Å². The maximum atomic E-state index is 14.7. The standard InChI is InChI=1S/C18H18F4N4O5/c19-12-9-10(25-7-5-23-6-8-25)1-2-11(12)16(29)26(31-17(30)18(20,21)22)13-3-4-14(27)24-15(13)28/h1-2,9,13,23H,3-8H2,(H,24,27,28). The van der Waals surface area contributed by atoms with Crippen molar-refractivity contribution in [1.29, 1.82) is 0 Å². The Labute approximate surface area is 173 Å². The van der Waals surface area contributed by atoms with Crippen LogP contribution >= 0.6 is 0 Å². The zero-order chi connectivity index (χ0) is 22.8. The van der Waals surface area contributed by atoms with Gasteiger partial charge in [-0.1, -0.05) is 0 Å². The number of rotatable bonds is 3. The fraction of sp³-hybridized carbons (Fsp3) is 0.444. The molecule has 1 aromatic carbocycles. The zero-order valence-electron chi connectivity index (χ0n) is 16.0. The quantitative estimate of drug-likeness (QED) is 0.396. The lowest BCUT2D eigenvalue weighted by Crippen LogP contribution is -2.55. The summed E-state index contributed by atoms with van der Waals surface area (Å²) in [7, 11) is 0. The summed E-state index contributed by atoms with van der Waals surface area (Å²) in [5.74, 6) is -7.14. The number of halogens is 4. The lowest BCUT2D eigenvalue weighted by molar-refractivity contribution is -0.234. The van der Waals surface area contributed by atoms with Crippen LogP contribution in [0.15, 0.2) is 18.2 Å². The number of piperidine rings is 1. The number of hydrogen-bond donors (Lipinski definition) is 2. The van der Waals surface area contributed by atoms with Gasteiger partial charge in [-0.25, -0.2) is 9.18 Å². The Kier molecular flexibility index (Phi) is 6.43. The van der Waals surface area contributed by atoms with Gasteiger partial charge in [-0.2, -0.15) is 18.2 Å². The van der Waals surface area contributed by atoms with E-state index < -0.39 is 53.7 Å². The second-order valence-corrected chi connectivity index (χ2v) is 6.88. The van der Waals surface area contributed by atoms with Crippen molar-refractivity contribution >= 4 is 29.4 Å². The molecule has 0 bridgehead atoms. The van der Waals surface area contributed by atoms with E-state index in [-0.39, 0.29) is 11.5 Å². The summed E-state index contributed by atoms with van der Waals surface area (Å²) in [6.07, 6.45) is -6.18. The number of carbonyl (C=O) groups is 4. The van der Waals surface area contributed by atoms with Crippen molar-refractivity contribution in [3.8, 4) is 0 Å². The van der Waals surface area contributed by atoms with E-state index >= 15 is 0 Å². The molecule has 2 saturated heterocycles. The number of anilines is 1. The molecular formula is C18H18F4N4O5. The van der Waals surface area contributed by atoms with Crippen molar-refractivity contribution < 1.29 is 41.6 Å². The van der Waals surface area contributed by atoms with Crippen LogP contribution in [0.4, 0.5) is 23.2 Å². The highest BCUT2D eigenvalue weighted by Gasteiger charge is 2.46. The molecule has 2 aliphatic rings. The van der Waals surface area contributed by atoms with Crippen LogP contribution in [0.1, 0.15) is 23.2 Å². The molecular weight excluding hydrogens is 428 g/mol. The molecule has 3 amide bonds. The molecule has 2 N–H and O–H groups in total. The third-order valence-corrected chi connectivity index (χ3v) is 4.77. The minimum absolute atomic E-state index is 0.125. The summed E-state index contributed by atoms with van der Waals surface area (Å²) >= 11 is 0. The van der Waals surface area contributed by atoms with Crippen LogP contribution in [0, 0.1) is 5.82 Å². The molecule has 1 aromatic rings. The molecule has 3 rings (SSSR count). The summed E-state index contributed by atoms with van der Waals surface area (Å²) < 4.78 is 52.8. The van der Waals surface area contributed by atoms with Crippen molar-refractivity contribution in [2.24, 2.45) is 0 Å². The summed E-state index contributed by atoms with van der Waals surface area (Å²) in [5, 5.41) is 4.84. The lowest BCUT2D eigenvalue weighted by Gasteiger charge is -2.31. The number of imide groups is 1. The zero-order valence-corrected chi connectivity index (χ0v) is 16.0. The smallest absolute Gasteiger partial charge is 0.369 e. The monoisotopic (exact) mass is 446 g/mol. The number of piperazine rings is 1. The molecule has 2 heterocycles. The molecule has 168 valence electrons. The molecule has 2 aliphatic heterocycles. The van der Waals surface area contributed by atoms with Gasteiger partial charge in [0.1, 0.15) is 5.82 Å². The highest BCUT2D eigenvalue weighted by Crippen LogP contribution is 2.25. The molecule has 0 aromatic heterocycles. The van der Waals surface area contributed by atoms with Crippen molar-refractivity contribution in [2.45, 2.75) is 25.1 Å². The number of hydroxylamine groups is 2. The van der Waals surface area contributed by atoms with Crippen molar-refractivity contribution in [1.82, 2.24) is 15.7 Å². The first kappa shape index (κ1) is 22.5. The summed E-state index contributed by atoms with van der Waals surface area (Å²) in [5.41, 5.74) is -0.242. The fourth-order valence-electron chi connectivity index (χ4n) is 3.21. The average molecular weight is 446 g/mol. The Morgan fingerprint density at radius 1 is 1.16 bits per heavy atom. The van der Waals surface area contributed by atoms with Crippen LogP contribution < -0.4 is 15.5 Å². The Balaban J connectivity index is 1.89. The molecule has 1 unspecified atom stereocenters. The van der Waals surface area contributed by atoms with Crippen LogP contribution in [0.3, 0.4) is 0 Å². The van der Waals surface area contributed by atoms with E-state index in [0.717, 1.165) is 12.1 Å². The number of carbonyl (C=O) groups excluding carboxylic acids is 4. The van der Waals surface area contributed by atoms with Gasteiger partial charge in [-0.15, -0.1) is 0 Å². The predicted octanol–water partition coefficient (Wildman–Crippen LogP) is 0.503. The largest absolute Gasteiger partial charge is 0.493 e. The Hall–Kier alpha value is -3.22. The van der Waals surface area contributed by atoms with E-state index in [9.17, 15) is 36.7 Å². The maximum absolute atomic E-state index is 14.7. The second kappa shape index (κ2) is 8.88. The SMILES string of the molecule is O=C1CCC(N(OC(=O)C(F)(F)F)C(=O)c2ccc(N3CCNCC3)cc2F)C(=O)N1. The number of nitrogens with one attached hydrogen (secondary N) is 2. The van der Waals surface area contributed by atoms with E-state index in [1.807, 2.05) is 10.2 Å². The van der Waals surface area contributed by atoms with E-state index in [4.69, 9.17) is 0 Å². The molecule has 0 aliphatic carbocycles. The number of nitrogens with zero attached hydrogens (tertiary/aromatic N) is 2. The van der Waals surface area contributed by atoms with Crippen molar-refractivity contribution in [3.05, 3.63) is 29.6 Å². The Bertz CT molecular complexity index is 901. The highest BCUT2D eigenvalue weighted by atomic mass is 19.4. The van der Waals surface area contributed by atoms with Gasteiger partial charge in [0.15, 0.2) is 6.04 Å². The number of hydrogen-bond acceptors (Lipinski definition) is 7. The number of alkyl halides is 3. The normalized spacial score (nSPS) is 19.6. The molecule has 0 saturated carbocycles. The van der Waals surface area contributed by atoms with Gasteiger partial charge >= 0.3 is 12.1 Å². The summed E-state index contributed by atoms with van der Waals surface area (Å²) in [6, 6.07) is 1.74. The van der Waals surface area contributed by atoms with Gasteiger partial charge in [0, 0.05) is 38.3 Å². The van der Waals surface area contributed by atoms with E-state index in [1.165, 1.54) is 6.07 Å². The summed E-state index contributed by atoms with van der Waals surface area (Å²) in [4.78, 5) is 53.5. The molecule has 13 heteroatoms. The molecule has 0 radical (unpaired) electrons. The first-order valence-corrected chi connectivity index (χ1v) is 9.29.